The molecule has 0 atom stereocenters. The van der Waals surface area contributed by atoms with Crippen molar-refractivity contribution in [3.8, 4) is 0 Å². The van der Waals surface area contributed by atoms with Crippen molar-refractivity contribution in [2.24, 2.45) is 5.73 Å². The molecular formula is C11H14ClNOS. The maximum absolute atomic E-state index is 11.4. The highest BCUT2D eigenvalue weighted by Gasteiger charge is 2.23. The number of Topliss-reactive ketones (excluding diaryl/α,β-unsaturated/α-hetero) is 1. The van der Waals surface area contributed by atoms with Crippen LogP contribution in [0.3, 0.4) is 0 Å². The Bertz CT molecular complexity index is 369. The Morgan fingerprint density at radius 1 is 1.53 bits per heavy atom. The second kappa shape index (κ2) is 4.64. The Balaban J connectivity index is 2.24. The molecule has 1 aromatic rings. The van der Waals surface area contributed by atoms with Gasteiger partial charge in [-0.25, -0.2) is 0 Å². The average Bonchev–Trinajstić information content (AvgIpc) is 2.84. The summed E-state index contributed by atoms with van der Waals surface area (Å²) in [6.07, 6.45) is 4.96. The van der Waals surface area contributed by atoms with E-state index >= 15 is 0 Å². The molecule has 0 aromatic carbocycles. The van der Waals surface area contributed by atoms with Crippen LogP contribution in [0, 0.1) is 0 Å². The maximum atomic E-state index is 11.4. The van der Waals surface area contributed by atoms with E-state index in [0.717, 1.165) is 5.02 Å². The van der Waals surface area contributed by atoms with Crippen LogP contribution in [0.5, 0.6) is 0 Å². The van der Waals surface area contributed by atoms with E-state index in [1.54, 1.807) is 6.07 Å². The number of hydrogen-bond donors (Lipinski definition) is 1. The number of rotatable bonds is 3. The van der Waals surface area contributed by atoms with E-state index in [1.165, 1.54) is 41.9 Å². The van der Waals surface area contributed by atoms with Crippen LogP contribution in [0.2, 0.25) is 5.02 Å². The lowest BCUT2D eigenvalue weighted by molar-refractivity contribution is 0.100. The molecule has 0 amide bonds. The summed E-state index contributed by atoms with van der Waals surface area (Å²) in [5.74, 6) is 0.563. The van der Waals surface area contributed by atoms with Crippen molar-refractivity contribution in [1.82, 2.24) is 0 Å². The zero-order chi connectivity index (χ0) is 10.8. The Labute approximate surface area is 98.4 Å². The summed E-state index contributed by atoms with van der Waals surface area (Å²) in [7, 11) is 0. The van der Waals surface area contributed by atoms with Crippen molar-refractivity contribution in [3.63, 3.8) is 0 Å². The normalized spacial score (nSPS) is 17.2. The highest BCUT2D eigenvalue weighted by molar-refractivity contribution is 7.14. The number of halogens is 1. The molecule has 15 heavy (non-hydrogen) atoms. The number of nitrogens with two attached hydrogens (primary N) is 1. The molecule has 0 saturated heterocycles. The van der Waals surface area contributed by atoms with Gasteiger partial charge in [-0.1, -0.05) is 24.4 Å². The topological polar surface area (TPSA) is 43.1 Å². The van der Waals surface area contributed by atoms with E-state index in [2.05, 4.69) is 0 Å². The lowest BCUT2D eigenvalue weighted by Gasteiger charge is -2.05. The molecule has 1 aliphatic rings. The standard InChI is InChI=1S/C11H14ClNOS/c12-8-5-10(9(14)6-13)15-11(8)7-3-1-2-4-7/h5,7H,1-4,6,13H2. The summed E-state index contributed by atoms with van der Waals surface area (Å²) in [6, 6.07) is 1.77. The van der Waals surface area contributed by atoms with Crippen molar-refractivity contribution >= 4 is 28.7 Å². The maximum Gasteiger partial charge on any atom is 0.186 e. The summed E-state index contributed by atoms with van der Waals surface area (Å²) < 4.78 is 0. The third kappa shape index (κ3) is 2.25. The van der Waals surface area contributed by atoms with E-state index in [-0.39, 0.29) is 12.3 Å². The van der Waals surface area contributed by atoms with Crippen molar-refractivity contribution in [3.05, 3.63) is 20.8 Å². The SMILES string of the molecule is NCC(=O)c1cc(Cl)c(C2CCCC2)s1. The van der Waals surface area contributed by atoms with E-state index < -0.39 is 0 Å². The van der Waals surface area contributed by atoms with Crippen LogP contribution in [0.1, 0.15) is 46.2 Å². The average molecular weight is 244 g/mol. The summed E-state index contributed by atoms with van der Waals surface area (Å²) in [4.78, 5) is 13.3. The third-order valence-corrected chi connectivity index (χ3v) is 4.66. The number of carbonyl (C=O) groups excluding carboxylic acids is 1. The van der Waals surface area contributed by atoms with Crippen LogP contribution in [0.15, 0.2) is 6.07 Å². The molecule has 1 aliphatic carbocycles. The molecule has 0 spiro atoms. The van der Waals surface area contributed by atoms with Gasteiger partial charge in [-0.05, 0) is 24.8 Å². The first kappa shape index (κ1) is 11.1. The first-order chi connectivity index (χ1) is 7.22. The molecule has 0 bridgehead atoms. The molecule has 0 radical (unpaired) electrons. The van der Waals surface area contributed by atoms with Crippen molar-refractivity contribution in [2.75, 3.05) is 6.54 Å². The van der Waals surface area contributed by atoms with Gasteiger partial charge < -0.3 is 5.73 Å². The van der Waals surface area contributed by atoms with E-state index in [9.17, 15) is 4.79 Å². The highest BCUT2D eigenvalue weighted by Crippen LogP contribution is 2.42. The van der Waals surface area contributed by atoms with Crippen molar-refractivity contribution < 1.29 is 4.79 Å². The first-order valence-electron chi connectivity index (χ1n) is 5.25. The van der Waals surface area contributed by atoms with Gasteiger partial charge in [-0.2, -0.15) is 0 Å². The van der Waals surface area contributed by atoms with Gasteiger partial charge in [-0.3, -0.25) is 4.79 Å². The molecule has 0 unspecified atom stereocenters. The Hall–Kier alpha value is -0.380. The van der Waals surface area contributed by atoms with Gasteiger partial charge in [0, 0.05) is 4.88 Å². The lowest BCUT2D eigenvalue weighted by Crippen LogP contribution is -2.11. The molecule has 4 heteroatoms. The van der Waals surface area contributed by atoms with Crippen LogP contribution >= 0.6 is 22.9 Å². The number of hydrogen-bond acceptors (Lipinski definition) is 3. The Kier molecular flexibility index (Phi) is 3.44. The fourth-order valence-corrected chi connectivity index (χ4v) is 3.70. The quantitative estimate of drug-likeness (QED) is 0.829. The molecule has 82 valence electrons. The van der Waals surface area contributed by atoms with Crippen LogP contribution < -0.4 is 5.73 Å². The first-order valence-corrected chi connectivity index (χ1v) is 6.44. The van der Waals surface area contributed by atoms with Gasteiger partial charge in [0.05, 0.1) is 16.4 Å². The van der Waals surface area contributed by atoms with Gasteiger partial charge in [0.2, 0.25) is 0 Å². The Morgan fingerprint density at radius 2 is 2.20 bits per heavy atom. The van der Waals surface area contributed by atoms with Crippen LogP contribution in [-0.4, -0.2) is 12.3 Å². The minimum absolute atomic E-state index is 0.00820. The predicted octanol–water partition coefficient (Wildman–Crippen LogP) is 3.20. The van der Waals surface area contributed by atoms with Gasteiger partial charge in [0.1, 0.15) is 0 Å². The van der Waals surface area contributed by atoms with Gasteiger partial charge in [-0.15, -0.1) is 11.3 Å². The summed E-state index contributed by atoms with van der Waals surface area (Å²) >= 11 is 7.67. The van der Waals surface area contributed by atoms with Crippen LogP contribution in [0.4, 0.5) is 0 Å². The van der Waals surface area contributed by atoms with E-state index in [4.69, 9.17) is 17.3 Å². The number of carbonyl (C=O) groups is 1. The number of ketones is 1. The summed E-state index contributed by atoms with van der Waals surface area (Å²) in [5, 5.41) is 0.753. The molecule has 0 aliphatic heterocycles. The zero-order valence-corrected chi connectivity index (χ0v) is 10.0. The lowest BCUT2D eigenvalue weighted by atomic mass is 10.1. The third-order valence-electron chi connectivity index (χ3n) is 2.90. The second-order valence-corrected chi connectivity index (χ2v) is 5.42. The van der Waals surface area contributed by atoms with Crippen molar-refractivity contribution in [1.29, 1.82) is 0 Å². The van der Waals surface area contributed by atoms with Gasteiger partial charge in [0.25, 0.3) is 0 Å². The molecule has 1 aromatic heterocycles. The fourth-order valence-electron chi connectivity index (χ4n) is 2.09. The molecular weight excluding hydrogens is 230 g/mol. The smallest absolute Gasteiger partial charge is 0.186 e. The summed E-state index contributed by atoms with van der Waals surface area (Å²) in [5.41, 5.74) is 5.33. The highest BCUT2D eigenvalue weighted by atomic mass is 35.5. The minimum Gasteiger partial charge on any atom is -0.324 e. The van der Waals surface area contributed by atoms with E-state index in [1.807, 2.05) is 0 Å². The minimum atomic E-state index is -0.00820. The fraction of sp³-hybridized carbons (Fsp3) is 0.545. The molecule has 1 heterocycles. The molecule has 2 rings (SSSR count). The summed E-state index contributed by atoms with van der Waals surface area (Å²) in [6.45, 7) is 0.0704. The second-order valence-electron chi connectivity index (χ2n) is 3.93. The van der Waals surface area contributed by atoms with Crippen LogP contribution in [-0.2, 0) is 0 Å². The zero-order valence-electron chi connectivity index (χ0n) is 8.46. The predicted molar refractivity (Wildman–Crippen MR) is 63.9 cm³/mol. The van der Waals surface area contributed by atoms with Crippen molar-refractivity contribution in [2.45, 2.75) is 31.6 Å². The van der Waals surface area contributed by atoms with Gasteiger partial charge in [0.15, 0.2) is 5.78 Å². The molecule has 2 N–H and O–H groups in total. The molecule has 1 saturated carbocycles. The Morgan fingerprint density at radius 3 is 2.80 bits per heavy atom. The van der Waals surface area contributed by atoms with E-state index in [0.29, 0.717) is 10.8 Å². The van der Waals surface area contributed by atoms with Crippen LogP contribution in [0.25, 0.3) is 0 Å². The largest absolute Gasteiger partial charge is 0.324 e. The number of thiophene rings is 1. The monoisotopic (exact) mass is 243 g/mol. The molecule has 1 fully saturated rings. The molecule has 2 nitrogen and oxygen atoms in total. The van der Waals surface area contributed by atoms with Gasteiger partial charge >= 0.3 is 0 Å².